The van der Waals surface area contributed by atoms with Gasteiger partial charge >= 0.3 is 0 Å². The zero-order valence-electron chi connectivity index (χ0n) is 16.5. The molecule has 1 atom stereocenters. The van der Waals surface area contributed by atoms with Crippen LogP contribution in [0.3, 0.4) is 0 Å². The molecule has 2 aromatic rings. The second-order valence-corrected chi connectivity index (χ2v) is 7.60. The molecule has 0 aromatic carbocycles. The summed E-state index contributed by atoms with van der Waals surface area (Å²) in [5, 5.41) is 4.63. The number of piperidine rings is 1. The van der Waals surface area contributed by atoms with Crippen LogP contribution in [-0.2, 0) is 19.5 Å². The van der Waals surface area contributed by atoms with Gasteiger partial charge in [-0.2, -0.15) is 5.10 Å². The van der Waals surface area contributed by atoms with Gasteiger partial charge in [0.15, 0.2) is 0 Å². The third-order valence-electron chi connectivity index (χ3n) is 5.13. The number of amides is 1. The van der Waals surface area contributed by atoms with Crippen LogP contribution in [0.2, 0.25) is 0 Å². The number of rotatable bonds is 6. The molecule has 0 radical (unpaired) electrons. The number of hydrogen-bond acceptors (Lipinski definition) is 3. The number of aryl methyl sites for hydroxylation is 2. The number of likely N-dealkylation sites (tertiary alicyclic amines) is 1. The van der Waals surface area contributed by atoms with E-state index in [-0.39, 0.29) is 5.91 Å². The van der Waals surface area contributed by atoms with Gasteiger partial charge in [0.05, 0.1) is 5.69 Å². The van der Waals surface area contributed by atoms with Gasteiger partial charge in [-0.05, 0) is 45.1 Å². The fourth-order valence-electron chi connectivity index (χ4n) is 3.88. The van der Waals surface area contributed by atoms with Gasteiger partial charge in [0.25, 0.3) is 5.91 Å². The summed E-state index contributed by atoms with van der Waals surface area (Å²) in [5.41, 5.74) is 1.74. The maximum Gasteiger partial charge on any atom is 0.272 e. The zero-order valence-corrected chi connectivity index (χ0v) is 16.5. The highest BCUT2D eigenvalue weighted by Crippen LogP contribution is 2.27. The first-order valence-corrected chi connectivity index (χ1v) is 9.90. The standard InChI is InChI=1S/C20H31N5O/c1-5-23-11-9-21-19(23)16-8-7-10-24(14-16)20(26)18-13-17(12-15(3)4)22-25(18)6-2/h9,11,13,15-16H,5-8,10,12,14H2,1-4H3. The van der Waals surface area contributed by atoms with Crippen molar-refractivity contribution in [2.75, 3.05) is 13.1 Å². The van der Waals surface area contributed by atoms with E-state index in [0.29, 0.717) is 11.8 Å². The molecule has 6 heteroatoms. The van der Waals surface area contributed by atoms with Crippen molar-refractivity contribution in [3.63, 3.8) is 0 Å². The van der Waals surface area contributed by atoms with Crippen molar-refractivity contribution in [2.24, 2.45) is 5.92 Å². The van der Waals surface area contributed by atoms with Crippen molar-refractivity contribution in [1.82, 2.24) is 24.2 Å². The highest BCUT2D eigenvalue weighted by atomic mass is 16.2. The van der Waals surface area contributed by atoms with Gasteiger partial charge in [0, 0.05) is 44.5 Å². The molecule has 0 saturated carbocycles. The minimum Gasteiger partial charge on any atom is -0.337 e. The van der Waals surface area contributed by atoms with Gasteiger partial charge in [-0.15, -0.1) is 0 Å². The fourth-order valence-corrected chi connectivity index (χ4v) is 3.88. The van der Waals surface area contributed by atoms with E-state index in [0.717, 1.165) is 62.7 Å². The van der Waals surface area contributed by atoms with Crippen LogP contribution < -0.4 is 0 Å². The Morgan fingerprint density at radius 1 is 1.31 bits per heavy atom. The normalized spacial score (nSPS) is 17.9. The Morgan fingerprint density at radius 3 is 2.81 bits per heavy atom. The Bertz CT molecular complexity index is 745. The molecule has 142 valence electrons. The molecular weight excluding hydrogens is 326 g/mol. The van der Waals surface area contributed by atoms with Crippen LogP contribution in [0.5, 0.6) is 0 Å². The van der Waals surface area contributed by atoms with Gasteiger partial charge in [0.2, 0.25) is 0 Å². The summed E-state index contributed by atoms with van der Waals surface area (Å²) in [5.74, 6) is 2.06. The third-order valence-corrected chi connectivity index (χ3v) is 5.13. The van der Waals surface area contributed by atoms with Crippen LogP contribution in [0, 0.1) is 5.92 Å². The molecule has 1 unspecified atom stereocenters. The first-order valence-electron chi connectivity index (χ1n) is 9.90. The van der Waals surface area contributed by atoms with E-state index >= 15 is 0 Å². The van der Waals surface area contributed by atoms with E-state index in [2.05, 4.69) is 35.4 Å². The number of carbonyl (C=O) groups excluding carboxylic acids is 1. The fraction of sp³-hybridized carbons (Fsp3) is 0.650. The summed E-state index contributed by atoms with van der Waals surface area (Å²) < 4.78 is 4.05. The summed E-state index contributed by atoms with van der Waals surface area (Å²) in [7, 11) is 0. The Hall–Kier alpha value is -2.11. The van der Waals surface area contributed by atoms with Crippen LogP contribution in [0.1, 0.15) is 68.5 Å². The molecule has 1 saturated heterocycles. The maximum absolute atomic E-state index is 13.2. The molecule has 1 amide bonds. The highest BCUT2D eigenvalue weighted by molar-refractivity contribution is 5.92. The molecule has 0 aliphatic carbocycles. The van der Waals surface area contributed by atoms with Gasteiger partial charge in [-0.25, -0.2) is 4.98 Å². The number of hydrogen-bond donors (Lipinski definition) is 0. The van der Waals surface area contributed by atoms with E-state index in [1.54, 1.807) is 0 Å². The number of nitrogens with zero attached hydrogens (tertiary/aromatic N) is 5. The molecule has 3 rings (SSSR count). The van der Waals surface area contributed by atoms with Crippen LogP contribution in [-0.4, -0.2) is 43.2 Å². The average Bonchev–Trinajstić information content (AvgIpc) is 3.27. The lowest BCUT2D eigenvalue weighted by atomic mass is 9.96. The molecular formula is C20H31N5O. The van der Waals surface area contributed by atoms with Crippen molar-refractivity contribution in [1.29, 1.82) is 0 Å². The Labute approximate surface area is 156 Å². The molecule has 26 heavy (non-hydrogen) atoms. The smallest absolute Gasteiger partial charge is 0.272 e. The summed E-state index contributed by atoms with van der Waals surface area (Å²) in [6.07, 6.45) is 6.91. The minimum atomic E-state index is 0.105. The first kappa shape index (κ1) is 18.7. The molecule has 0 N–H and O–H groups in total. The molecule has 1 aliphatic heterocycles. The maximum atomic E-state index is 13.2. The number of aromatic nitrogens is 4. The van der Waals surface area contributed by atoms with Crippen molar-refractivity contribution < 1.29 is 4.79 Å². The van der Waals surface area contributed by atoms with E-state index in [1.165, 1.54) is 0 Å². The van der Waals surface area contributed by atoms with Gasteiger partial charge in [0.1, 0.15) is 11.5 Å². The van der Waals surface area contributed by atoms with Crippen LogP contribution in [0.15, 0.2) is 18.5 Å². The van der Waals surface area contributed by atoms with Crippen LogP contribution in [0.25, 0.3) is 0 Å². The third kappa shape index (κ3) is 3.84. The topological polar surface area (TPSA) is 56.0 Å². The summed E-state index contributed by atoms with van der Waals surface area (Å²) in [6, 6.07) is 1.99. The lowest BCUT2D eigenvalue weighted by Gasteiger charge is -2.32. The zero-order chi connectivity index (χ0) is 18.7. The SMILES string of the molecule is CCn1ccnc1C1CCCN(C(=O)c2cc(CC(C)C)nn2CC)C1. The predicted molar refractivity (Wildman–Crippen MR) is 102 cm³/mol. The molecule has 0 spiro atoms. The van der Waals surface area contributed by atoms with E-state index in [4.69, 9.17) is 0 Å². The monoisotopic (exact) mass is 357 g/mol. The largest absolute Gasteiger partial charge is 0.337 e. The lowest BCUT2D eigenvalue weighted by molar-refractivity contribution is 0.0691. The van der Waals surface area contributed by atoms with E-state index in [1.807, 2.05) is 35.0 Å². The van der Waals surface area contributed by atoms with Crippen LogP contribution in [0.4, 0.5) is 0 Å². The van der Waals surface area contributed by atoms with E-state index in [9.17, 15) is 4.79 Å². The van der Waals surface area contributed by atoms with Crippen molar-refractivity contribution in [3.05, 3.63) is 35.7 Å². The predicted octanol–water partition coefficient (Wildman–Crippen LogP) is 3.34. The second kappa shape index (κ2) is 8.06. The lowest BCUT2D eigenvalue weighted by Crippen LogP contribution is -2.40. The van der Waals surface area contributed by atoms with Crippen molar-refractivity contribution in [2.45, 2.75) is 66.0 Å². The summed E-state index contributed by atoms with van der Waals surface area (Å²) in [6.45, 7) is 11.7. The molecule has 1 aliphatic rings. The Morgan fingerprint density at radius 2 is 2.12 bits per heavy atom. The summed E-state index contributed by atoms with van der Waals surface area (Å²) >= 11 is 0. The minimum absolute atomic E-state index is 0.105. The number of carbonyl (C=O) groups is 1. The van der Waals surface area contributed by atoms with Gasteiger partial charge in [-0.1, -0.05) is 13.8 Å². The van der Waals surface area contributed by atoms with Crippen molar-refractivity contribution >= 4 is 5.91 Å². The molecule has 0 bridgehead atoms. The molecule has 6 nitrogen and oxygen atoms in total. The Balaban J connectivity index is 1.78. The first-order chi connectivity index (χ1) is 12.5. The van der Waals surface area contributed by atoms with Crippen LogP contribution >= 0.6 is 0 Å². The average molecular weight is 358 g/mol. The Kier molecular flexibility index (Phi) is 5.79. The number of imidazole rings is 1. The highest BCUT2D eigenvalue weighted by Gasteiger charge is 2.29. The molecule has 1 fully saturated rings. The second-order valence-electron chi connectivity index (χ2n) is 7.60. The van der Waals surface area contributed by atoms with E-state index < -0.39 is 0 Å². The van der Waals surface area contributed by atoms with Crippen molar-refractivity contribution in [3.8, 4) is 0 Å². The summed E-state index contributed by atoms with van der Waals surface area (Å²) in [4.78, 5) is 19.7. The quantitative estimate of drug-likeness (QED) is 0.797. The van der Waals surface area contributed by atoms with Gasteiger partial charge in [-0.3, -0.25) is 9.48 Å². The van der Waals surface area contributed by atoms with Gasteiger partial charge < -0.3 is 9.47 Å². The molecule has 3 heterocycles. The molecule has 2 aromatic heterocycles.